The van der Waals surface area contributed by atoms with Gasteiger partial charge in [-0.15, -0.1) is 11.8 Å². The number of hydrogen-bond acceptors (Lipinski definition) is 3. The number of nitrogens with one attached hydrogen (secondary N) is 1. The molecule has 0 heterocycles. The predicted molar refractivity (Wildman–Crippen MR) is 80.4 cm³/mol. The summed E-state index contributed by atoms with van der Waals surface area (Å²) in [6.45, 7) is 8.51. The summed E-state index contributed by atoms with van der Waals surface area (Å²) < 4.78 is 5.07. The fraction of sp³-hybridized carbons (Fsp3) is 0.533. The molecular formula is C15H23NO2S. The van der Waals surface area contributed by atoms with E-state index >= 15 is 0 Å². The quantitative estimate of drug-likeness (QED) is 0.842. The lowest BCUT2D eigenvalue weighted by Gasteiger charge is -2.23. The maximum atomic E-state index is 12.0. The number of rotatable bonds is 5. The molecule has 1 atom stereocenters. The van der Waals surface area contributed by atoms with E-state index in [2.05, 4.69) is 5.32 Å². The Hall–Kier alpha value is -1.00. The van der Waals surface area contributed by atoms with Gasteiger partial charge in [-0.25, -0.2) is 0 Å². The number of thioether (sulfide) groups is 1. The van der Waals surface area contributed by atoms with Crippen LogP contribution in [-0.4, -0.2) is 23.8 Å². The van der Waals surface area contributed by atoms with E-state index in [0.29, 0.717) is 6.61 Å². The van der Waals surface area contributed by atoms with Gasteiger partial charge >= 0.3 is 0 Å². The average molecular weight is 281 g/mol. The highest BCUT2D eigenvalue weighted by atomic mass is 32.2. The summed E-state index contributed by atoms with van der Waals surface area (Å²) in [6.07, 6.45) is 0. The van der Waals surface area contributed by atoms with E-state index in [1.807, 2.05) is 52.0 Å². The molecule has 19 heavy (non-hydrogen) atoms. The van der Waals surface area contributed by atoms with Gasteiger partial charge in [0.15, 0.2) is 0 Å². The molecule has 0 aromatic heterocycles. The number of amides is 1. The molecule has 3 nitrogen and oxygen atoms in total. The molecule has 4 heteroatoms. The van der Waals surface area contributed by atoms with E-state index < -0.39 is 0 Å². The number of methoxy groups -OCH3 is 1. The molecule has 1 rings (SSSR count). The molecule has 0 aliphatic heterocycles. The van der Waals surface area contributed by atoms with Crippen LogP contribution in [0.2, 0.25) is 0 Å². The Morgan fingerprint density at radius 1 is 1.32 bits per heavy atom. The van der Waals surface area contributed by atoms with Gasteiger partial charge in [-0.3, -0.25) is 4.79 Å². The molecule has 1 amide bonds. The summed E-state index contributed by atoms with van der Waals surface area (Å²) in [7, 11) is 1.68. The van der Waals surface area contributed by atoms with Crippen LogP contribution in [0.25, 0.3) is 0 Å². The highest BCUT2D eigenvalue weighted by Gasteiger charge is 2.19. The van der Waals surface area contributed by atoms with Crippen LogP contribution in [-0.2, 0) is 16.1 Å². The van der Waals surface area contributed by atoms with Crippen molar-refractivity contribution in [1.29, 1.82) is 0 Å². The SMILES string of the molecule is COCc1ccc(SC(C)C(=O)NC(C)(C)C)cc1. The van der Waals surface area contributed by atoms with Gasteiger partial charge in [0, 0.05) is 17.5 Å². The van der Waals surface area contributed by atoms with Crippen molar-refractivity contribution in [2.75, 3.05) is 7.11 Å². The standard InChI is InChI=1S/C15H23NO2S/c1-11(14(17)16-15(2,3)4)19-13-8-6-12(7-9-13)10-18-5/h6-9,11H,10H2,1-5H3,(H,16,17). The van der Waals surface area contributed by atoms with Crippen molar-refractivity contribution in [2.24, 2.45) is 0 Å². The van der Waals surface area contributed by atoms with Crippen LogP contribution in [0.3, 0.4) is 0 Å². The van der Waals surface area contributed by atoms with Crippen LogP contribution >= 0.6 is 11.8 Å². The van der Waals surface area contributed by atoms with Crippen LogP contribution in [0.1, 0.15) is 33.3 Å². The minimum atomic E-state index is -0.186. The normalized spacial score (nSPS) is 13.1. The average Bonchev–Trinajstić information content (AvgIpc) is 2.29. The van der Waals surface area contributed by atoms with Gasteiger partial charge in [-0.05, 0) is 45.4 Å². The van der Waals surface area contributed by atoms with Crippen LogP contribution < -0.4 is 5.32 Å². The van der Waals surface area contributed by atoms with Crippen LogP contribution in [0.4, 0.5) is 0 Å². The van der Waals surface area contributed by atoms with Crippen molar-refractivity contribution in [3.05, 3.63) is 29.8 Å². The largest absolute Gasteiger partial charge is 0.380 e. The van der Waals surface area contributed by atoms with Gasteiger partial charge in [0.05, 0.1) is 11.9 Å². The second-order valence-electron chi connectivity index (χ2n) is 5.58. The molecule has 1 aromatic carbocycles. The third kappa shape index (κ3) is 6.12. The third-order valence-electron chi connectivity index (χ3n) is 2.41. The number of benzene rings is 1. The van der Waals surface area contributed by atoms with Gasteiger partial charge in [0.25, 0.3) is 0 Å². The Morgan fingerprint density at radius 3 is 2.37 bits per heavy atom. The number of carbonyl (C=O) groups is 1. The Kier molecular flexibility index (Phi) is 5.88. The van der Waals surface area contributed by atoms with Gasteiger partial charge < -0.3 is 10.1 Å². The van der Waals surface area contributed by atoms with Gasteiger partial charge in [-0.1, -0.05) is 12.1 Å². The first-order valence-electron chi connectivity index (χ1n) is 6.38. The molecule has 1 aromatic rings. The molecule has 0 bridgehead atoms. The monoisotopic (exact) mass is 281 g/mol. The molecule has 1 unspecified atom stereocenters. The van der Waals surface area contributed by atoms with Crippen LogP contribution in [0.5, 0.6) is 0 Å². The van der Waals surface area contributed by atoms with Crippen LogP contribution in [0, 0.1) is 0 Å². The zero-order valence-electron chi connectivity index (χ0n) is 12.3. The lowest BCUT2D eigenvalue weighted by Crippen LogP contribution is -2.44. The Balaban J connectivity index is 2.56. The summed E-state index contributed by atoms with van der Waals surface area (Å²) in [4.78, 5) is 13.1. The molecule has 0 aliphatic rings. The van der Waals surface area contributed by atoms with Crippen LogP contribution in [0.15, 0.2) is 29.2 Å². The summed E-state index contributed by atoms with van der Waals surface area (Å²) in [5, 5.41) is 2.89. The van der Waals surface area contributed by atoms with Crippen molar-refractivity contribution in [3.63, 3.8) is 0 Å². The first-order valence-corrected chi connectivity index (χ1v) is 7.26. The zero-order valence-corrected chi connectivity index (χ0v) is 13.1. The van der Waals surface area contributed by atoms with Crippen molar-refractivity contribution >= 4 is 17.7 Å². The number of hydrogen-bond donors (Lipinski definition) is 1. The topological polar surface area (TPSA) is 38.3 Å². The first kappa shape index (κ1) is 16.1. The summed E-state index contributed by atoms with van der Waals surface area (Å²) in [6, 6.07) is 8.11. The summed E-state index contributed by atoms with van der Waals surface area (Å²) in [5.41, 5.74) is 0.951. The van der Waals surface area contributed by atoms with E-state index in [9.17, 15) is 4.79 Å². The van der Waals surface area contributed by atoms with E-state index in [0.717, 1.165) is 10.5 Å². The molecule has 0 fully saturated rings. The van der Waals surface area contributed by atoms with E-state index in [4.69, 9.17) is 4.74 Å². The lowest BCUT2D eigenvalue weighted by atomic mass is 10.1. The maximum absolute atomic E-state index is 12.0. The molecule has 1 N–H and O–H groups in total. The molecule has 0 spiro atoms. The van der Waals surface area contributed by atoms with Crippen molar-refractivity contribution < 1.29 is 9.53 Å². The first-order chi connectivity index (χ1) is 8.81. The molecular weight excluding hydrogens is 258 g/mol. The predicted octanol–water partition coefficient (Wildman–Crippen LogP) is 3.23. The Morgan fingerprint density at radius 2 is 1.89 bits per heavy atom. The third-order valence-corrected chi connectivity index (χ3v) is 3.53. The smallest absolute Gasteiger partial charge is 0.233 e. The number of ether oxygens (including phenoxy) is 1. The Bertz CT molecular complexity index is 409. The summed E-state index contributed by atoms with van der Waals surface area (Å²) >= 11 is 1.57. The van der Waals surface area contributed by atoms with E-state index in [1.54, 1.807) is 18.9 Å². The summed E-state index contributed by atoms with van der Waals surface area (Å²) in [5.74, 6) is 0.0680. The minimum absolute atomic E-state index is 0.0680. The molecule has 0 saturated carbocycles. The highest BCUT2D eigenvalue weighted by Crippen LogP contribution is 2.24. The fourth-order valence-corrected chi connectivity index (χ4v) is 2.43. The second kappa shape index (κ2) is 6.96. The lowest BCUT2D eigenvalue weighted by molar-refractivity contribution is -0.121. The number of carbonyl (C=O) groups excluding carboxylic acids is 1. The molecule has 0 radical (unpaired) electrons. The molecule has 0 aliphatic carbocycles. The fourth-order valence-electron chi connectivity index (χ4n) is 1.56. The maximum Gasteiger partial charge on any atom is 0.233 e. The van der Waals surface area contributed by atoms with Crippen molar-refractivity contribution in [3.8, 4) is 0 Å². The van der Waals surface area contributed by atoms with Crippen molar-refractivity contribution in [2.45, 2.75) is 50.0 Å². The van der Waals surface area contributed by atoms with E-state index in [-0.39, 0.29) is 16.7 Å². The molecule has 106 valence electrons. The highest BCUT2D eigenvalue weighted by molar-refractivity contribution is 8.00. The van der Waals surface area contributed by atoms with Gasteiger partial charge in [0.1, 0.15) is 0 Å². The van der Waals surface area contributed by atoms with Gasteiger partial charge in [0.2, 0.25) is 5.91 Å². The van der Waals surface area contributed by atoms with E-state index in [1.165, 1.54) is 0 Å². The minimum Gasteiger partial charge on any atom is -0.380 e. The zero-order chi connectivity index (χ0) is 14.5. The van der Waals surface area contributed by atoms with Gasteiger partial charge in [-0.2, -0.15) is 0 Å². The van der Waals surface area contributed by atoms with Crippen molar-refractivity contribution in [1.82, 2.24) is 5.32 Å². The molecule has 0 saturated heterocycles. The Labute approximate surface area is 120 Å². The second-order valence-corrected chi connectivity index (χ2v) is 6.99.